The maximum atomic E-state index is 13.3. The lowest BCUT2D eigenvalue weighted by atomic mass is 9.94. The molecule has 0 saturated carbocycles. The number of aromatic nitrogens is 2. The van der Waals surface area contributed by atoms with Crippen LogP contribution >= 0.6 is 0 Å². The number of H-pyrrole nitrogens is 1. The molecule has 28 heavy (non-hydrogen) atoms. The van der Waals surface area contributed by atoms with Crippen LogP contribution in [-0.4, -0.2) is 57.3 Å². The van der Waals surface area contributed by atoms with Crippen molar-refractivity contribution < 1.29 is 9.59 Å². The standard InChI is InChI=1S/C22H22N4O2/c27-21(17-6-5-16-8-10-24-20(16)11-17)26-13-15-4-7-18(26)14-25(12-15)22(28)19-3-1-2-9-23-19/h1-3,5-6,8-11,15,18,24H,4,7,12-14H2/t15-,18+/m0/s1. The molecule has 2 amide bonds. The molecule has 1 aromatic carbocycles. The fraction of sp³-hybridized carbons (Fsp3) is 0.318. The van der Waals surface area contributed by atoms with Gasteiger partial charge in [0.25, 0.3) is 11.8 Å². The summed E-state index contributed by atoms with van der Waals surface area (Å²) in [5.74, 6) is 0.322. The van der Waals surface area contributed by atoms with Crippen LogP contribution in [0.15, 0.2) is 54.9 Å². The SMILES string of the molecule is O=C(c1ccccn1)N1C[C@@H]2CC[C@H](C1)N(C(=O)c1ccc3cc[nH]c3c1)C2. The number of nitrogens with zero attached hydrogens (tertiary/aromatic N) is 3. The van der Waals surface area contributed by atoms with Gasteiger partial charge in [-0.15, -0.1) is 0 Å². The van der Waals surface area contributed by atoms with Crippen LogP contribution in [-0.2, 0) is 0 Å². The van der Waals surface area contributed by atoms with Crippen molar-refractivity contribution in [2.75, 3.05) is 19.6 Å². The number of nitrogens with one attached hydrogen (secondary N) is 1. The van der Waals surface area contributed by atoms with E-state index in [1.807, 2.05) is 52.4 Å². The first kappa shape index (κ1) is 17.0. The minimum Gasteiger partial charge on any atom is -0.361 e. The third kappa shape index (κ3) is 2.95. The van der Waals surface area contributed by atoms with E-state index in [9.17, 15) is 9.59 Å². The second-order valence-electron chi connectivity index (χ2n) is 7.76. The molecule has 3 aromatic rings. The molecule has 1 N–H and O–H groups in total. The summed E-state index contributed by atoms with van der Waals surface area (Å²) in [6.07, 6.45) is 5.52. The van der Waals surface area contributed by atoms with Gasteiger partial charge in [0.15, 0.2) is 0 Å². The monoisotopic (exact) mass is 374 g/mol. The Balaban J connectivity index is 1.39. The number of benzene rings is 1. The minimum atomic E-state index is -0.0420. The number of carbonyl (C=O) groups is 2. The minimum absolute atomic E-state index is 0.0420. The summed E-state index contributed by atoms with van der Waals surface area (Å²) in [5, 5.41) is 1.10. The molecule has 3 fully saturated rings. The molecule has 6 heteroatoms. The Kier molecular flexibility index (Phi) is 4.11. The Morgan fingerprint density at radius 2 is 1.93 bits per heavy atom. The highest BCUT2D eigenvalue weighted by molar-refractivity contribution is 5.98. The van der Waals surface area contributed by atoms with Gasteiger partial charge in [-0.25, -0.2) is 0 Å². The molecule has 2 aromatic heterocycles. The van der Waals surface area contributed by atoms with Crippen LogP contribution in [0.3, 0.4) is 0 Å². The van der Waals surface area contributed by atoms with Gasteiger partial charge in [-0.2, -0.15) is 0 Å². The van der Waals surface area contributed by atoms with Crippen LogP contribution in [0.4, 0.5) is 0 Å². The third-order valence-corrected chi connectivity index (χ3v) is 5.95. The van der Waals surface area contributed by atoms with Crippen LogP contribution in [0, 0.1) is 5.92 Å². The predicted octanol–water partition coefficient (Wildman–Crippen LogP) is 2.94. The molecule has 0 aliphatic carbocycles. The van der Waals surface area contributed by atoms with Gasteiger partial charge in [0.05, 0.1) is 0 Å². The van der Waals surface area contributed by atoms with E-state index in [-0.39, 0.29) is 17.9 Å². The van der Waals surface area contributed by atoms with Crippen LogP contribution in [0.5, 0.6) is 0 Å². The number of hydrogen-bond acceptors (Lipinski definition) is 3. The first-order valence-electron chi connectivity index (χ1n) is 9.77. The van der Waals surface area contributed by atoms with Gasteiger partial charge in [0.2, 0.25) is 0 Å². The highest BCUT2D eigenvalue weighted by Crippen LogP contribution is 2.30. The molecule has 2 bridgehead atoms. The molecule has 3 aliphatic heterocycles. The zero-order chi connectivity index (χ0) is 19.1. The molecule has 3 aliphatic rings. The Morgan fingerprint density at radius 1 is 1.00 bits per heavy atom. The van der Waals surface area contributed by atoms with Crippen molar-refractivity contribution in [3.63, 3.8) is 0 Å². The van der Waals surface area contributed by atoms with Crippen LogP contribution in [0.1, 0.15) is 33.7 Å². The first-order valence-corrected chi connectivity index (χ1v) is 9.77. The molecule has 0 unspecified atom stereocenters. The third-order valence-electron chi connectivity index (χ3n) is 5.95. The number of fused-ring (bicyclic) bond motifs is 5. The fourth-order valence-electron chi connectivity index (χ4n) is 4.49. The highest BCUT2D eigenvalue weighted by Gasteiger charge is 2.39. The Bertz CT molecular complexity index is 1030. The number of piperidine rings is 1. The van der Waals surface area contributed by atoms with E-state index in [0.717, 1.165) is 23.7 Å². The van der Waals surface area contributed by atoms with Crippen molar-refractivity contribution in [2.45, 2.75) is 18.9 Å². The molecule has 5 heterocycles. The number of rotatable bonds is 2. The van der Waals surface area contributed by atoms with E-state index in [0.29, 0.717) is 36.8 Å². The molecule has 6 nitrogen and oxygen atoms in total. The Morgan fingerprint density at radius 3 is 2.79 bits per heavy atom. The quantitative estimate of drug-likeness (QED) is 0.750. The molecule has 0 spiro atoms. The maximum absolute atomic E-state index is 13.3. The summed E-state index contributed by atoms with van der Waals surface area (Å²) in [6, 6.07) is 13.2. The lowest BCUT2D eigenvalue weighted by Crippen LogP contribution is -2.47. The molecule has 0 radical (unpaired) electrons. The van der Waals surface area contributed by atoms with Crippen molar-refractivity contribution in [1.29, 1.82) is 0 Å². The van der Waals surface area contributed by atoms with Crippen LogP contribution in [0.2, 0.25) is 0 Å². The average molecular weight is 374 g/mol. The lowest BCUT2D eigenvalue weighted by Gasteiger charge is -2.36. The summed E-state index contributed by atoms with van der Waals surface area (Å²) < 4.78 is 0. The van der Waals surface area contributed by atoms with Crippen molar-refractivity contribution in [3.05, 3.63) is 66.1 Å². The summed E-state index contributed by atoms with van der Waals surface area (Å²) in [4.78, 5) is 37.4. The normalized spacial score (nSPS) is 21.7. The van der Waals surface area contributed by atoms with Gasteiger partial charge in [0.1, 0.15) is 5.69 Å². The van der Waals surface area contributed by atoms with E-state index in [1.54, 1.807) is 12.3 Å². The fourth-order valence-corrected chi connectivity index (χ4v) is 4.49. The molecular weight excluding hydrogens is 352 g/mol. The summed E-state index contributed by atoms with van der Waals surface area (Å²) >= 11 is 0. The molecule has 2 atom stereocenters. The van der Waals surface area contributed by atoms with E-state index in [4.69, 9.17) is 0 Å². The van der Waals surface area contributed by atoms with Crippen molar-refractivity contribution in [3.8, 4) is 0 Å². The Hall–Kier alpha value is -3.15. The first-order chi connectivity index (χ1) is 13.7. The van der Waals surface area contributed by atoms with Gasteiger partial charge >= 0.3 is 0 Å². The second-order valence-corrected chi connectivity index (χ2v) is 7.76. The van der Waals surface area contributed by atoms with Crippen molar-refractivity contribution >= 4 is 22.7 Å². The van der Waals surface area contributed by atoms with Crippen LogP contribution in [0.25, 0.3) is 10.9 Å². The van der Waals surface area contributed by atoms with E-state index < -0.39 is 0 Å². The number of aromatic amines is 1. The van der Waals surface area contributed by atoms with Gasteiger partial charge in [-0.1, -0.05) is 12.1 Å². The lowest BCUT2D eigenvalue weighted by molar-refractivity contribution is 0.0574. The zero-order valence-corrected chi connectivity index (χ0v) is 15.5. The second kappa shape index (κ2) is 6.78. The predicted molar refractivity (Wildman–Crippen MR) is 106 cm³/mol. The molecule has 6 rings (SSSR count). The topological polar surface area (TPSA) is 69.3 Å². The maximum Gasteiger partial charge on any atom is 0.272 e. The molecule has 3 saturated heterocycles. The average Bonchev–Trinajstić information content (AvgIpc) is 3.02. The molecular formula is C22H22N4O2. The molecule has 142 valence electrons. The smallest absolute Gasteiger partial charge is 0.272 e. The van der Waals surface area contributed by atoms with E-state index >= 15 is 0 Å². The number of amides is 2. The highest BCUT2D eigenvalue weighted by atomic mass is 16.2. The van der Waals surface area contributed by atoms with Crippen molar-refractivity contribution in [2.24, 2.45) is 5.92 Å². The number of carbonyl (C=O) groups excluding carboxylic acids is 2. The van der Waals surface area contributed by atoms with Gasteiger partial charge in [-0.05, 0) is 54.5 Å². The summed E-state index contributed by atoms with van der Waals surface area (Å²) in [7, 11) is 0. The Labute approximate surface area is 163 Å². The van der Waals surface area contributed by atoms with E-state index in [2.05, 4.69) is 9.97 Å². The van der Waals surface area contributed by atoms with Crippen LogP contribution < -0.4 is 0 Å². The summed E-state index contributed by atoms with van der Waals surface area (Å²) in [5.41, 5.74) is 2.14. The van der Waals surface area contributed by atoms with Crippen molar-refractivity contribution in [1.82, 2.24) is 19.8 Å². The zero-order valence-electron chi connectivity index (χ0n) is 15.5. The summed E-state index contributed by atoms with van der Waals surface area (Å²) in [6.45, 7) is 1.96. The van der Waals surface area contributed by atoms with Gasteiger partial charge in [-0.3, -0.25) is 14.6 Å². The van der Waals surface area contributed by atoms with Gasteiger partial charge < -0.3 is 14.8 Å². The number of pyridine rings is 1. The largest absolute Gasteiger partial charge is 0.361 e. The van der Waals surface area contributed by atoms with E-state index in [1.165, 1.54) is 0 Å². The number of hydrogen-bond donors (Lipinski definition) is 1. The van der Waals surface area contributed by atoms with Gasteiger partial charge in [0, 0.05) is 49.1 Å².